The van der Waals surface area contributed by atoms with Gasteiger partial charge in [-0.3, -0.25) is 24.5 Å². The van der Waals surface area contributed by atoms with Crippen LogP contribution < -0.4 is 16.0 Å². The zero-order chi connectivity index (χ0) is 25.3. The van der Waals surface area contributed by atoms with Crippen LogP contribution in [0.4, 0.5) is 0 Å². The molecule has 0 aromatic heterocycles. The Hall–Kier alpha value is -3.02. The Morgan fingerprint density at radius 1 is 0.657 bits per heavy atom. The molecule has 4 fully saturated rings. The number of carbonyl (C=O) groups is 4. The van der Waals surface area contributed by atoms with Crippen molar-refractivity contribution >= 4 is 23.6 Å². The Morgan fingerprint density at radius 2 is 1.06 bits per heavy atom. The van der Waals surface area contributed by atoms with Crippen molar-refractivity contribution in [1.82, 2.24) is 16.0 Å². The number of carbonyl (C=O) groups excluding carboxylic acids is 4. The number of hydrogen-bond acceptors (Lipinski definition) is 8. The summed E-state index contributed by atoms with van der Waals surface area (Å²) in [6.45, 7) is 0.315. The number of aliphatic hydroxyl groups is 2. The van der Waals surface area contributed by atoms with Crippen LogP contribution in [-0.4, -0.2) is 59.1 Å². The van der Waals surface area contributed by atoms with Crippen molar-refractivity contribution in [3.63, 3.8) is 0 Å². The highest BCUT2D eigenvalue weighted by Gasteiger charge is 2.60. The van der Waals surface area contributed by atoms with E-state index in [0.29, 0.717) is 25.7 Å². The van der Waals surface area contributed by atoms with E-state index in [2.05, 4.69) is 16.0 Å². The second kappa shape index (κ2) is 10.3. The van der Waals surface area contributed by atoms with Gasteiger partial charge >= 0.3 is 0 Å². The lowest BCUT2D eigenvalue weighted by Gasteiger charge is -2.34. The fourth-order valence-corrected chi connectivity index (χ4v) is 7.13. The van der Waals surface area contributed by atoms with Crippen LogP contribution in [0.25, 0.3) is 0 Å². The number of aliphatic hydroxyl groups excluding tert-OH is 2. The number of hydrogen-bond donors (Lipinski definition) is 5. The van der Waals surface area contributed by atoms with Crippen LogP contribution >= 0.6 is 0 Å². The molecule has 0 heterocycles. The minimum atomic E-state index is -0.888. The molecular formula is C24H31N5O6. The number of nitriles is 2. The number of imide groups is 1. The van der Waals surface area contributed by atoms with E-state index in [9.17, 15) is 29.4 Å². The normalized spacial score (nSPS) is 38.4. The lowest BCUT2D eigenvalue weighted by Crippen LogP contribution is -2.53. The van der Waals surface area contributed by atoms with Gasteiger partial charge in [0.05, 0.1) is 60.9 Å². The number of fused-ring (bicyclic) bond motifs is 4. The molecule has 4 saturated carbocycles. The van der Waals surface area contributed by atoms with Gasteiger partial charge in [0, 0.05) is 13.1 Å². The Kier molecular flexibility index (Phi) is 7.39. The second-order valence-corrected chi connectivity index (χ2v) is 10.3. The maximum Gasteiger partial charge on any atom is 0.230 e. The topological polar surface area (TPSA) is 192 Å². The van der Waals surface area contributed by atoms with Crippen molar-refractivity contribution in [3.05, 3.63) is 0 Å². The highest BCUT2D eigenvalue weighted by Crippen LogP contribution is 2.54. The van der Waals surface area contributed by atoms with Crippen LogP contribution in [-0.2, 0) is 19.2 Å². The first-order valence-corrected chi connectivity index (χ1v) is 12.3. The first-order valence-electron chi connectivity index (χ1n) is 12.3. The molecule has 35 heavy (non-hydrogen) atoms. The summed E-state index contributed by atoms with van der Waals surface area (Å²) >= 11 is 0. The molecule has 0 aliphatic heterocycles. The Balaban J connectivity index is 1.47. The van der Waals surface area contributed by atoms with Crippen molar-refractivity contribution in [2.24, 2.45) is 47.3 Å². The van der Waals surface area contributed by atoms with Crippen LogP contribution in [0, 0.1) is 70.0 Å². The Bertz CT molecular complexity index is 896. The SMILES string of the molecule is N#CCCNC(=O)C1C2CC(O)C(C2)C1C(=O)NC(=O)C1C2CC(CC2O)C1C(=O)NCCC#N. The molecule has 0 spiro atoms. The smallest absolute Gasteiger partial charge is 0.230 e. The van der Waals surface area contributed by atoms with Gasteiger partial charge in [-0.1, -0.05) is 0 Å². The number of amides is 4. The van der Waals surface area contributed by atoms with Gasteiger partial charge in [-0.25, -0.2) is 0 Å². The molecule has 4 aliphatic rings. The molecule has 11 nitrogen and oxygen atoms in total. The third-order valence-corrected chi connectivity index (χ3v) is 8.47. The average Bonchev–Trinajstić information content (AvgIpc) is 3.56. The minimum Gasteiger partial charge on any atom is -0.393 e. The van der Waals surface area contributed by atoms with E-state index < -0.39 is 59.5 Å². The third kappa shape index (κ3) is 4.63. The number of nitrogens with zero attached hydrogens (tertiary/aromatic N) is 2. The zero-order valence-electron chi connectivity index (χ0n) is 19.4. The van der Waals surface area contributed by atoms with E-state index in [1.807, 2.05) is 12.1 Å². The second-order valence-electron chi connectivity index (χ2n) is 10.3. The largest absolute Gasteiger partial charge is 0.393 e. The molecule has 0 radical (unpaired) electrons. The van der Waals surface area contributed by atoms with Crippen LogP contribution in [0.15, 0.2) is 0 Å². The van der Waals surface area contributed by atoms with Gasteiger partial charge in [0.2, 0.25) is 23.6 Å². The molecule has 188 valence electrons. The summed E-state index contributed by atoms with van der Waals surface area (Å²) in [5, 5.41) is 46.0. The predicted octanol–water partition coefficient (Wildman–Crippen LogP) is -1.04. The summed E-state index contributed by atoms with van der Waals surface area (Å²) in [5.41, 5.74) is 0. The monoisotopic (exact) mass is 485 g/mol. The highest BCUT2D eigenvalue weighted by atomic mass is 16.3. The lowest BCUT2D eigenvalue weighted by atomic mass is 9.75. The maximum atomic E-state index is 13.3. The van der Waals surface area contributed by atoms with Crippen LogP contribution in [0.3, 0.4) is 0 Å². The molecule has 10 atom stereocenters. The number of rotatable bonds is 8. The standard InChI is InChI=1S/C24H31N5O6/c25-3-1-5-27-21(32)17-11-7-13(15(30)9-11)19(17)23(34)29-24(35)20-14-8-12(10-16(14)31)18(20)22(33)28-6-2-4-26/h11-20,30-31H,1-2,5-10H2,(H,27,32)(H,28,33)(H,29,34,35). The number of nitrogens with one attached hydrogen (secondary N) is 3. The van der Waals surface area contributed by atoms with E-state index >= 15 is 0 Å². The quantitative estimate of drug-likeness (QED) is 0.212. The van der Waals surface area contributed by atoms with E-state index in [0.717, 1.165) is 0 Å². The summed E-state index contributed by atoms with van der Waals surface area (Å²) in [4.78, 5) is 52.2. The van der Waals surface area contributed by atoms with Crippen LogP contribution in [0.5, 0.6) is 0 Å². The fourth-order valence-electron chi connectivity index (χ4n) is 7.13. The van der Waals surface area contributed by atoms with Crippen molar-refractivity contribution < 1.29 is 29.4 Å². The van der Waals surface area contributed by atoms with Gasteiger partial charge in [0.15, 0.2) is 0 Å². The summed E-state index contributed by atoms with van der Waals surface area (Å²) < 4.78 is 0. The van der Waals surface area contributed by atoms with Crippen LogP contribution in [0.2, 0.25) is 0 Å². The maximum absolute atomic E-state index is 13.3. The molecule has 0 saturated heterocycles. The lowest BCUT2D eigenvalue weighted by molar-refractivity contribution is -0.147. The van der Waals surface area contributed by atoms with Gasteiger partial charge in [0.1, 0.15) is 0 Å². The van der Waals surface area contributed by atoms with E-state index in [4.69, 9.17) is 10.5 Å². The van der Waals surface area contributed by atoms with Crippen molar-refractivity contribution in [2.75, 3.05) is 13.1 Å². The first kappa shape index (κ1) is 25.1. The van der Waals surface area contributed by atoms with Gasteiger partial charge in [-0.2, -0.15) is 10.5 Å². The van der Waals surface area contributed by atoms with Gasteiger partial charge in [0.25, 0.3) is 0 Å². The summed E-state index contributed by atoms with van der Waals surface area (Å²) in [5.74, 6) is -6.49. The Morgan fingerprint density at radius 3 is 1.43 bits per heavy atom. The first-order chi connectivity index (χ1) is 16.8. The van der Waals surface area contributed by atoms with E-state index in [1.54, 1.807) is 0 Å². The van der Waals surface area contributed by atoms with Crippen molar-refractivity contribution in [1.29, 1.82) is 10.5 Å². The van der Waals surface area contributed by atoms with Gasteiger partial charge < -0.3 is 20.8 Å². The van der Waals surface area contributed by atoms with Gasteiger partial charge in [-0.15, -0.1) is 0 Å². The molecule has 0 aromatic rings. The molecule has 11 heteroatoms. The predicted molar refractivity (Wildman–Crippen MR) is 118 cm³/mol. The molecule has 4 rings (SSSR count). The van der Waals surface area contributed by atoms with E-state index in [-0.39, 0.29) is 49.6 Å². The average molecular weight is 486 g/mol. The molecule has 4 aliphatic carbocycles. The fraction of sp³-hybridized carbons (Fsp3) is 0.750. The molecule has 5 N–H and O–H groups in total. The van der Waals surface area contributed by atoms with Gasteiger partial charge in [-0.05, 0) is 49.4 Å². The van der Waals surface area contributed by atoms with Crippen molar-refractivity contribution in [3.8, 4) is 12.1 Å². The summed E-state index contributed by atoms with van der Waals surface area (Å²) in [6, 6.07) is 3.89. The third-order valence-electron chi connectivity index (χ3n) is 8.47. The molecular weight excluding hydrogens is 454 g/mol. The zero-order valence-corrected chi connectivity index (χ0v) is 19.4. The Labute approximate surface area is 203 Å². The molecule has 0 aromatic carbocycles. The van der Waals surface area contributed by atoms with Crippen LogP contribution in [0.1, 0.15) is 38.5 Å². The van der Waals surface area contributed by atoms with E-state index in [1.165, 1.54) is 0 Å². The minimum absolute atomic E-state index is 0.134. The summed E-state index contributed by atoms with van der Waals surface area (Å²) in [7, 11) is 0. The van der Waals surface area contributed by atoms with Crippen molar-refractivity contribution in [2.45, 2.75) is 50.7 Å². The summed E-state index contributed by atoms with van der Waals surface area (Å²) in [6.07, 6.45) is 0.601. The molecule has 4 amide bonds. The highest BCUT2D eigenvalue weighted by molar-refractivity contribution is 6.01. The molecule has 4 bridgehead atoms. The molecule has 10 unspecified atom stereocenters.